The smallest absolute Gasteiger partial charge is 0.394 e. The van der Waals surface area contributed by atoms with Crippen molar-refractivity contribution in [1.29, 1.82) is 0 Å². The number of hydrogen-bond acceptors (Lipinski definition) is 7. The first kappa shape index (κ1) is 17.7. The Balaban J connectivity index is 3.95. The van der Waals surface area contributed by atoms with Gasteiger partial charge in [0.1, 0.15) is 0 Å². The van der Waals surface area contributed by atoms with Crippen LogP contribution in [0.1, 0.15) is 6.92 Å². The van der Waals surface area contributed by atoms with E-state index in [1.165, 1.54) is 5.32 Å². The molecule has 112 valence electrons. The first-order valence-electron chi connectivity index (χ1n) is 5.72. The number of imide groups is 2. The lowest BCUT2D eigenvalue weighted by Crippen LogP contribution is -2.48. The van der Waals surface area contributed by atoms with E-state index in [1.54, 1.807) is 5.32 Å². The number of aliphatic carboxylic acids is 1. The van der Waals surface area contributed by atoms with Gasteiger partial charge in [-0.25, -0.2) is 4.79 Å². The molecule has 0 aromatic heterocycles. The van der Waals surface area contributed by atoms with Crippen LogP contribution in [0, 0.1) is 0 Å². The second kappa shape index (κ2) is 9.58. The van der Waals surface area contributed by atoms with Gasteiger partial charge in [-0.1, -0.05) is 6.92 Å². The van der Waals surface area contributed by atoms with E-state index in [2.05, 4.69) is 10.6 Å². The van der Waals surface area contributed by atoms with Crippen LogP contribution < -0.4 is 21.3 Å². The minimum absolute atomic E-state index is 0.197. The molecular formula is C10H16N4O6. The molecule has 10 heteroatoms. The number of carboxylic acids is 1. The summed E-state index contributed by atoms with van der Waals surface area (Å²) in [7, 11) is 0. The lowest BCUT2D eigenvalue weighted by molar-refractivity contribution is -0.153. The number of likely N-dealkylation sites (N-methyl/N-ethyl adjacent to an activating group) is 1. The van der Waals surface area contributed by atoms with E-state index < -0.39 is 29.6 Å². The van der Waals surface area contributed by atoms with Crippen LogP contribution in [0.15, 0.2) is 0 Å². The van der Waals surface area contributed by atoms with Gasteiger partial charge in [-0.05, 0) is 6.54 Å². The fraction of sp³-hybridized carbons (Fsp3) is 0.500. The zero-order valence-corrected chi connectivity index (χ0v) is 10.8. The summed E-state index contributed by atoms with van der Waals surface area (Å²) in [6.07, 6.45) is 0. The van der Waals surface area contributed by atoms with Crippen LogP contribution in [-0.4, -0.2) is 60.9 Å². The standard InChI is InChI=1S/C10H16N4O6/c1-2-11-3-4-12-5-6(15)13-7(16)8(17)14-9(18)10(19)20/h11-12H,2-5H2,1H3,(H,19,20)(H,13,15,16)(H,14,17,18). The molecule has 0 aliphatic heterocycles. The number of carboxylic acid groups (broad SMARTS) is 1. The van der Waals surface area contributed by atoms with Crippen molar-refractivity contribution in [3.63, 3.8) is 0 Å². The summed E-state index contributed by atoms with van der Waals surface area (Å²) in [6, 6.07) is 0. The Labute approximate surface area is 114 Å². The first-order chi connectivity index (χ1) is 9.38. The maximum Gasteiger partial charge on any atom is 0.394 e. The summed E-state index contributed by atoms with van der Waals surface area (Å²) < 4.78 is 0. The minimum atomic E-state index is -1.91. The minimum Gasteiger partial charge on any atom is -0.474 e. The van der Waals surface area contributed by atoms with Gasteiger partial charge in [0, 0.05) is 13.1 Å². The van der Waals surface area contributed by atoms with Crippen molar-refractivity contribution in [3.05, 3.63) is 0 Å². The largest absolute Gasteiger partial charge is 0.474 e. The molecule has 10 nitrogen and oxygen atoms in total. The Morgan fingerprint density at radius 2 is 1.40 bits per heavy atom. The molecule has 0 aromatic rings. The first-order valence-corrected chi connectivity index (χ1v) is 5.72. The normalized spacial score (nSPS) is 9.65. The van der Waals surface area contributed by atoms with E-state index in [-0.39, 0.29) is 6.54 Å². The molecule has 0 radical (unpaired) electrons. The van der Waals surface area contributed by atoms with E-state index in [0.717, 1.165) is 6.54 Å². The van der Waals surface area contributed by atoms with Crippen molar-refractivity contribution in [2.24, 2.45) is 0 Å². The molecule has 0 aromatic carbocycles. The van der Waals surface area contributed by atoms with Crippen molar-refractivity contribution in [2.75, 3.05) is 26.2 Å². The van der Waals surface area contributed by atoms with Crippen molar-refractivity contribution in [2.45, 2.75) is 6.92 Å². The molecule has 0 aliphatic carbocycles. The molecule has 20 heavy (non-hydrogen) atoms. The van der Waals surface area contributed by atoms with Gasteiger partial charge in [-0.3, -0.25) is 29.8 Å². The van der Waals surface area contributed by atoms with Gasteiger partial charge in [-0.2, -0.15) is 0 Å². The summed E-state index contributed by atoms with van der Waals surface area (Å²) in [6.45, 7) is 3.62. The van der Waals surface area contributed by atoms with E-state index in [0.29, 0.717) is 13.1 Å². The summed E-state index contributed by atoms with van der Waals surface area (Å²) >= 11 is 0. The van der Waals surface area contributed by atoms with Gasteiger partial charge in [0.15, 0.2) is 0 Å². The van der Waals surface area contributed by atoms with Crippen LogP contribution in [0.2, 0.25) is 0 Å². The van der Waals surface area contributed by atoms with Gasteiger partial charge < -0.3 is 15.7 Å². The van der Waals surface area contributed by atoms with Crippen molar-refractivity contribution < 1.29 is 29.1 Å². The second-order valence-corrected chi connectivity index (χ2v) is 3.50. The van der Waals surface area contributed by atoms with Crippen molar-refractivity contribution in [3.8, 4) is 0 Å². The molecule has 0 unspecified atom stereocenters. The molecule has 0 saturated heterocycles. The fourth-order valence-electron chi connectivity index (χ4n) is 0.996. The number of rotatable bonds is 6. The highest BCUT2D eigenvalue weighted by molar-refractivity contribution is 6.45. The van der Waals surface area contributed by atoms with Crippen LogP contribution in [0.4, 0.5) is 0 Å². The average Bonchev–Trinajstić information content (AvgIpc) is 2.38. The monoisotopic (exact) mass is 288 g/mol. The lowest BCUT2D eigenvalue weighted by Gasteiger charge is -2.05. The molecule has 0 aliphatic rings. The Kier molecular flexibility index (Phi) is 8.46. The number of carbonyl (C=O) groups excluding carboxylic acids is 4. The van der Waals surface area contributed by atoms with Crippen molar-refractivity contribution >= 4 is 29.6 Å². The molecule has 4 amide bonds. The lowest BCUT2D eigenvalue weighted by atomic mass is 10.4. The zero-order valence-electron chi connectivity index (χ0n) is 10.8. The molecule has 0 rings (SSSR count). The average molecular weight is 288 g/mol. The topological polar surface area (TPSA) is 154 Å². The third-order valence-electron chi connectivity index (χ3n) is 1.89. The molecule has 5 N–H and O–H groups in total. The maximum absolute atomic E-state index is 11.2. The predicted octanol–water partition coefficient (Wildman–Crippen LogP) is -3.44. The van der Waals surface area contributed by atoms with Gasteiger partial charge in [0.25, 0.3) is 0 Å². The Morgan fingerprint density at radius 1 is 0.850 bits per heavy atom. The molecular weight excluding hydrogens is 272 g/mol. The Bertz CT molecular complexity index is 409. The van der Waals surface area contributed by atoms with Crippen LogP contribution in [0.3, 0.4) is 0 Å². The Morgan fingerprint density at radius 3 is 1.95 bits per heavy atom. The summed E-state index contributed by atoms with van der Waals surface area (Å²) in [5.74, 6) is -7.26. The van der Waals surface area contributed by atoms with E-state index in [9.17, 15) is 24.0 Å². The second-order valence-electron chi connectivity index (χ2n) is 3.50. The Hall–Kier alpha value is -2.33. The third kappa shape index (κ3) is 7.89. The molecule has 0 spiro atoms. The predicted molar refractivity (Wildman–Crippen MR) is 65.3 cm³/mol. The van der Waals surface area contributed by atoms with E-state index in [4.69, 9.17) is 5.11 Å². The van der Waals surface area contributed by atoms with Crippen LogP contribution in [-0.2, 0) is 24.0 Å². The van der Waals surface area contributed by atoms with Crippen LogP contribution >= 0.6 is 0 Å². The molecule has 0 atom stereocenters. The summed E-state index contributed by atoms with van der Waals surface area (Å²) in [5, 5.41) is 16.9. The molecule has 0 fully saturated rings. The number of amides is 4. The van der Waals surface area contributed by atoms with Crippen LogP contribution in [0.25, 0.3) is 0 Å². The SMILES string of the molecule is CCNCCNCC(=O)NC(=O)C(=O)NC(=O)C(=O)O. The van der Waals surface area contributed by atoms with E-state index in [1.807, 2.05) is 6.92 Å². The highest BCUT2D eigenvalue weighted by Crippen LogP contribution is 1.73. The summed E-state index contributed by atoms with van der Waals surface area (Å²) in [4.78, 5) is 54.1. The molecule has 0 saturated carbocycles. The van der Waals surface area contributed by atoms with Gasteiger partial charge >= 0.3 is 23.7 Å². The van der Waals surface area contributed by atoms with Crippen molar-refractivity contribution in [1.82, 2.24) is 21.3 Å². The maximum atomic E-state index is 11.2. The number of carbonyl (C=O) groups is 5. The highest BCUT2D eigenvalue weighted by atomic mass is 16.4. The van der Waals surface area contributed by atoms with Gasteiger partial charge in [0.2, 0.25) is 5.91 Å². The van der Waals surface area contributed by atoms with Gasteiger partial charge in [0.05, 0.1) is 6.54 Å². The highest BCUT2D eigenvalue weighted by Gasteiger charge is 2.22. The van der Waals surface area contributed by atoms with Gasteiger partial charge in [-0.15, -0.1) is 0 Å². The van der Waals surface area contributed by atoms with Crippen LogP contribution in [0.5, 0.6) is 0 Å². The fourth-order valence-corrected chi connectivity index (χ4v) is 0.996. The number of hydrogen-bond donors (Lipinski definition) is 5. The van der Waals surface area contributed by atoms with E-state index >= 15 is 0 Å². The third-order valence-corrected chi connectivity index (χ3v) is 1.89. The number of nitrogens with one attached hydrogen (secondary N) is 4. The molecule has 0 heterocycles. The summed E-state index contributed by atoms with van der Waals surface area (Å²) in [5.41, 5.74) is 0. The zero-order chi connectivity index (χ0) is 15.5. The quantitative estimate of drug-likeness (QED) is 0.250. The molecule has 0 bridgehead atoms.